The van der Waals surface area contributed by atoms with E-state index >= 15 is 0 Å². The zero-order valence-corrected chi connectivity index (χ0v) is 10.1. The highest BCUT2D eigenvalue weighted by atomic mass is 16.4. The number of aryl methyl sites for hydroxylation is 1. The third kappa shape index (κ3) is 3.18. The van der Waals surface area contributed by atoms with Crippen molar-refractivity contribution < 1.29 is 9.52 Å². The van der Waals surface area contributed by atoms with Gasteiger partial charge in [0.2, 0.25) is 0 Å². The predicted molar refractivity (Wildman–Crippen MR) is 63.0 cm³/mol. The van der Waals surface area contributed by atoms with E-state index in [0.29, 0.717) is 5.76 Å². The molecule has 0 unspecified atom stereocenters. The fraction of sp³-hybridized carbons (Fsp3) is 0.417. The number of hydrogen-bond acceptors (Lipinski definition) is 4. The highest BCUT2D eigenvalue weighted by molar-refractivity contribution is 5.07. The van der Waals surface area contributed by atoms with Crippen LogP contribution in [0.5, 0.6) is 0 Å². The van der Waals surface area contributed by atoms with Gasteiger partial charge in [-0.25, -0.2) is 0 Å². The maximum atomic E-state index is 8.90. The monoisotopic (exact) mass is 235 g/mol. The third-order valence-corrected chi connectivity index (χ3v) is 2.51. The number of rotatable bonds is 5. The molecule has 0 bridgehead atoms. The summed E-state index contributed by atoms with van der Waals surface area (Å²) in [5.74, 6) is 1.47. The molecule has 5 heteroatoms. The van der Waals surface area contributed by atoms with Crippen LogP contribution in [0.1, 0.15) is 17.1 Å². The Bertz CT molecular complexity index is 476. The average molecular weight is 235 g/mol. The van der Waals surface area contributed by atoms with Crippen LogP contribution in [0.3, 0.4) is 0 Å². The second kappa shape index (κ2) is 5.16. The van der Waals surface area contributed by atoms with Crippen molar-refractivity contribution in [3.05, 3.63) is 41.6 Å². The van der Waals surface area contributed by atoms with Gasteiger partial charge in [-0.3, -0.25) is 9.58 Å². The first-order valence-corrected chi connectivity index (χ1v) is 5.52. The molecule has 0 spiro atoms. The van der Waals surface area contributed by atoms with Crippen molar-refractivity contribution in [1.29, 1.82) is 0 Å². The van der Waals surface area contributed by atoms with Gasteiger partial charge >= 0.3 is 0 Å². The lowest BCUT2D eigenvalue weighted by atomic mass is 10.3. The number of aliphatic hydroxyl groups is 1. The Kier molecular flexibility index (Phi) is 3.61. The van der Waals surface area contributed by atoms with Gasteiger partial charge in [-0.1, -0.05) is 0 Å². The Morgan fingerprint density at radius 1 is 1.35 bits per heavy atom. The van der Waals surface area contributed by atoms with E-state index in [1.807, 2.05) is 32.6 Å². The maximum Gasteiger partial charge on any atom is 0.129 e. The zero-order chi connectivity index (χ0) is 12.3. The van der Waals surface area contributed by atoms with Gasteiger partial charge in [0.15, 0.2) is 0 Å². The lowest BCUT2D eigenvalue weighted by Crippen LogP contribution is -2.16. The summed E-state index contributed by atoms with van der Waals surface area (Å²) in [5, 5.41) is 13.0. The number of hydrogen-bond donors (Lipinski definition) is 1. The van der Waals surface area contributed by atoms with Crippen molar-refractivity contribution in [2.45, 2.75) is 19.7 Å². The van der Waals surface area contributed by atoms with E-state index < -0.39 is 0 Å². The van der Waals surface area contributed by atoms with Gasteiger partial charge in [0.1, 0.15) is 18.1 Å². The summed E-state index contributed by atoms with van der Waals surface area (Å²) in [6.07, 6.45) is 3.86. The molecule has 0 radical (unpaired) electrons. The third-order valence-electron chi connectivity index (χ3n) is 2.51. The summed E-state index contributed by atoms with van der Waals surface area (Å²) in [6.45, 7) is 1.49. The van der Waals surface area contributed by atoms with Crippen LogP contribution in [0.4, 0.5) is 0 Å². The Balaban J connectivity index is 1.90. The first-order chi connectivity index (χ1) is 8.17. The number of nitrogens with zero attached hydrogens (tertiary/aromatic N) is 3. The normalized spacial score (nSPS) is 11.3. The lowest BCUT2D eigenvalue weighted by molar-refractivity contribution is 0.231. The van der Waals surface area contributed by atoms with Gasteiger partial charge in [-0.05, 0) is 19.2 Å². The molecule has 2 rings (SSSR count). The second-order valence-corrected chi connectivity index (χ2v) is 4.22. The smallest absolute Gasteiger partial charge is 0.129 e. The number of aromatic nitrogens is 2. The molecule has 2 aromatic rings. The summed E-state index contributed by atoms with van der Waals surface area (Å²) in [5.41, 5.74) is 1.17. The molecule has 0 aliphatic rings. The molecule has 0 aromatic carbocycles. The standard InChI is InChI=1S/C12H17N3O2/c1-14(6-10-5-13-15(2)7-10)8-11-3-4-12(9-16)17-11/h3-5,7,16H,6,8-9H2,1-2H3. The van der Waals surface area contributed by atoms with Gasteiger partial charge in [0, 0.05) is 25.4 Å². The molecule has 2 heterocycles. The van der Waals surface area contributed by atoms with Gasteiger partial charge in [-0.15, -0.1) is 0 Å². The molecule has 92 valence electrons. The van der Waals surface area contributed by atoms with Gasteiger partial charge in [0.25, 0.3) is 0 Å². The largest absolute Gasteiger partial charge is 0.462 e. The molecule has 0 amide bonds. The highest BCUT2D eigenvalue weighted by Gasteiger charge is 2.06. The first kappa shape index (κ1) is 11.9. The quantitative estimate of drug-likeness (QED) is 0.844. The van der Waals surface area contributed by atoms with Crippen molar-refractivity contribution in [3.63, 3.8) is 0 Å². The van der Waals surface area contributed by atoms with Crippen LogP contribution in [0.15, 0.2) is 28.9 Å². The second-order valence-electron chi connectivity index (χ2n) is 4.22. The molecular weight excluding hydrogens is 218 g/mol. The molecule has 0 saturated carbocycles. The minimum atomic E-state index is -0.0493. The highest BCUT2D eigenvalue weighted by Crippen LogP contribution is 2.11. The Labute approximate surface area is 100 Å². The Morgan fingerprint density at radius 3 is 2.71 bits per heavy atom. The first-order valence-electron chi connectivity index (χ1n) is 5.52. The molecule has 0 atom stereocenters. The van der Waals surface area contributed by atoms with Crippen molar-refractivity contribution in [1.82, 2.24) is 14.7 Å². The summed E-state index contributed by atoms with van der Waals surface area (Å²) < 4.78 is 7.23. The van der Waals surface area contributed by atoms with Crippen LogP contribution in [0.2, 0.25) is 0 Å². The number of aliphatic hydroxyl groups excluding tert-OH is 1. The van der Waals surface area contributed by atoms with E-state index in [9.17, 15) is 0 Å². The summed E-state index contributed by atoms with van der Waals surface area (Å²) in [4.78, 5) is 2.14. The van der Waals surface area contributed by atoms with Gasteiger partial charge in [0.05, 0.1) is 12.7 Å². The zero-order valence-electron chi connectivity index (χ0n) is 10.1. The fourth-order valence-electron chi connectivity index (χ4n) is 1.78. The topological polar surface area (TPSA) is 54.4 Å². The van der Waals surface area contributed by atoms with Crippen LogP contribution >= 0.6 is 0 Å². The van der Waals surface area contributed by atoms with Crippen LogP contribution in [0, 0.1) is 0 Å². The SMILES string of the molecule is CN(Cc1cnn(C)c1)Cc1ccc(CO)o1. The minimum absolute atomic E-state index is 0.0493. The molecule has 0 aliphatic heterocycles. The van der Waals surface area contributed by atoms with Crippen molar-refractivity contribution in [2.24, 2.45) is 7.05 Å². The van der Waals surface area contributed by atoms with E-state index in [4.69, 9.17) is 9.52 Å². The van der Waals surface area contributed by atoms with E-state index in [-0.39, 0.29) is 6.61 Å². The molecule has 5 nitrogen and oxygen atoms in total. The molecule has 17 heavy (non-hydrogen) atoms. The van der Waals surface area contributed by atoms with Crippen LogP contribution in [-0.2, 0) is 26.7 Å². The summed E-state index contributed by atoms with van der Waals surface area (Å²) >= 11 is 0. The van der Waals surface area contributed by atoms with E-state index in [2.05, 4.69) is 10.00 Å². The summed E-state index contributed by atoms with van der Waals surface area (Å²) in [6, 6.07) is 3.69. The lowest BCUT2D eigenvalue weighted by Gasteiger charge is -2.13. The Morgan fingerprint density at radius 2 is 2.12 bits per heavy atom. The fourth-order valence-corrected chi connectivity index (χ4v) is 1.78. The molecule has 2 aromatic heterocycles. The maximum absolute atomic E-state index is 8.90. The van der Waals surface area contributed by atoms with Gasteiger partial charge < -0.3 is 9.52 Å². The molecular formula is C12H17N3O2. The van der Waals surface area contributed by atoms with Crippen molar-refractivity contribution in [3.8, 4) is 0 Å². The molecule has 0 aliphatic carbocycles. The summed E-state index contributed by atoms with van der Waals surface area (Å²) in [7, 11) is 3.93. The van der Waals surface area contributed by atoms with Crippen LogP contribution in [0.25, 0.3) is 0 Å². The minimum Gasteiger partial charge on any atom is -0.462 e. The van der Waals surface area contributed by atoms with Crippen LogP contribution in [-0.4, -0.2) is 26.8 Å². The predicted octanol–water partition coefficient (Wildman–Crippen LogP) is 1.14. The van der Waals surface area contributed by atoms with E-state index in [1.165, 1.54) is 5.56 Å². The molecule has 0 fully saturated rings. The van der Waals surface area contributed by atoms with E-state index in [1.54, 1.807) is 10.7 Å². The average Bonchev–Trinajstić information content (AvgIpc) is 2.88. The van der Waals surface area contributed by atoms with E-state index in [0.717, 1.165) is 18.8 Å². The van der Waals surface area contributed by atoms with Crippen molar-refractivity contribution in [2.75, 3.05) is 7.05 Å². The van der Waals surface area contributed by atoms with Crippen molar-refractivity contribution >= 4 is 0 Å². The molecule has 1 N–H and O–H groups in total. The van der Waals surface area contributed by atoms with Crippen LogP contribution < -0.4 is 0 Å². The Hall–Kier alpha value is -1.59. The number of furan rings is 1. The van der Waals surface area contributed by atoms with Gasteiger partial charge in [-0.2, -0.15) is 5.10 Å². The molecule has 0 saturated heterocycles.